The molecule has 36 heavy (non-hydrogen) atoms. The number of carboxylic acids is 1. The van der Waals surface area contributed by atoms with Crippen LogP contribution in [-0.4, -0.2) is 65.3 Å². The van der Waals surface area contributed by atoms with Crippen LogP contribution in [-0.2, 0) is 11.2 Å². The number of nitrogens with zero attached hydrogens (tertiary/aromatic N) is 2. The van der Waals surface area contributed by atoms with Crippen LogP contribution in [0, 0.1) is 18.8 Å². The van der Waals surface area contributed by atoms with Gasteiger partial charge in [0.25, 0.3) is 0 Å². The highest BCUT2D eigenvalue weighted by atomic mass is 19.1. The molecule has 2 saturated heterocycles. The van der Waals surface area contributed by atoms with Crippen molar-refractivity contribution in [3.8, 4) is 0 Å². The van der Waals surface area contributed by atoms with Crippen LogP contribution < -0.4 is 0 Å². The first-order valence-electron chi connectivity index (χ1n) is 13.7. The summed E-state index contributed by atoms with van der Waals surface area (Å²) in [7, 11) is 0. The first kappa shape index (κ1) is 26.8. The van der Waals surface area contributed by atoms with Gasteiger partial charge in [0.2, 0.25) is 0 Å². The second-order valence-electron chi connectivity index (χ2n) is 11.6. The number of benzene rings is 2. The van der Waals surface area contributed by atoms with Gasteiger partial charge in [0, 0.05) is 38.6 Å². The van der Waals surface area contributed by atoms with Gasteiger partial charge in [0.1, 0.15) is 11.7 Å². The van der Waals surface area contributed by atoms with Crippen molar-refractivity contribution in [3.05, 3.63) is 71.3 Å². The van der Waals surface area contributed by atoms with E-state index in [1.807, 2.05) is 32.0 Å². The molecule has 0 saturated carbocycles. The molecule has 2 aromatic rings. The van der Waals surface area contributed by atoms with Gasteiger partial charge in [0.05, 0.1) is 0 Å². The van der Waals surface area contributed by atoms with E-state index in [4.69, 9.17) is 0 Å². The zero-order chi connectivity index (χ0) is 25.7. The molecule has 0 aromatic heterocycles. The number of carbonyl (C=O) groups is 1. The molecule has 0 spiro atoms. The predicted molar refractivity (Wildman–Crippen MR) is 144 cm³/mol. The molecule has 3 atom stereocenters. The summed E-state index contributed by atoms with van der Waals surface area (Å²) >= 11 is 0. The lowest BCUT2D eigenvalue weighted by atomic mass is 9.85. The van der Waals surface area contributed by atoms with Crippen molar-refractivity contribution in [2.75, 3.05) is 32.7 Å². The van der Waals surface area contributed by atoms with Gasteiger partial charge in [-0.2, -0.15) is 0 Å². The summed E-state index contributed by atoms with van der Waals surface area (Å²) in [5.41, 5.74) is 2.76. The van der Waals surface area contributed by atoms with Crippen molar-refractivity contribution >= 4 is 5.97 Å². The van der Waals surface area contributed by atoms with Gasteiger partial charge in [-0.05, 0) is 62.0 Å². The summed E-state index contributed by atoms with van der Waals surface area (Å²) in [6, 6.07) is 18.6. The number of alkyl halides is 1. The van der Waals surface area contributed by atoms with Crippen molar-refractivity contribution in [2.24, 2.45) is 11.8 Å². The fourth-order valence-electron chi connectivity index (χ4n) is 6.43. The highest BCUT2D eigenvalue weighted by molar-refractivity contribution is 5.73. The molecular weight excluding hydrogens is 451 g/mol. The minimum Gasteiger partial charge on any atom is -0.480 e. The lowest BCUT2D eigenvalue weighted by Gasteiger charge is -2.38. The lowest BCUT2D eigenvalue weighted by molar-refractivity contribution is -0.144. The van der Waals surface area contributed by atoms with Gasteiger partial charge in [-0.1, -0.05) is 74.0 Å². The largest absolute Gasteiger partial charge is 0.480 e. The summed E-state index contributed by atoms with van der Waals surface area (Å²) in [6.45, 7) is 10.1. The maximum Gasteiger partial charge on any atom is 0.321 e. The molecule has 2 aromatic carbocycles. The maximum absolute atomic E-state index is 15.6. The molecule has 0 radical (unpaired) electrons. The Kier molecular flexibility index (Phi) is 8.84. The van der Waals surface area contributed by atoms with Crippen LogP contribution in [0.1, 0.15) is 62.1 Å². The second kappa shape index (κ2) is 11.9. The zero-order valence-corrected chi connectivity index (χ0v) is 22.2. The number of rotatable bonds is 10. The molecule has 0 aliphatic carbocycles. The second-order valence-corrected chi connectivity index (χ2v) is 11.6. The summed E-state index contributed by atoms with van der Waals surface area (Å²) in [4.78, 5) is 16.7. The molecular formula is C31H43FN2O2. The molecule has 5 heteroatoms. The van der Waals surface area contributed by atoms with Crippen LogP contribution in [0.5, 0.6) is 0 Å². The molecule has 196 valence electrons. The van der Waals surface area contributed by atoms with Crippen LogP contribution in [0.15, 0.2) is 54.6 Å². The highest BCUT2D eigenvalue weighted by Gasteiger charge is 2.42. The minimum absolute atomic E-state index is 0.0532. The summed E-state index contributed by atoms with van der Waals surface area (Å²) in [6.07, 6.45) is 3.65. The van der Waals surface area contributed by atoms with Crippen LogP contribution in [0.2, 0.25) is 0 Å². The van der Waals surface area contributed by atoms with Gasteiger partial charge in [-0.25, -0.2) is 4.39 Å². The van der Waals surface area contributed by atoms with Crippen LogP contribution in [0.25, 0.3) is 0 Å². The highest BCUT2D eigenvalue weighted by Crippen LogP contribution is 2.38. The van der Waals surface area contributed by atoms with Gasteiger partial charge < -0.3 is 10.0 Å². The molecule has 0 amide bonds. The number of aryl methyl sites for hydroxylation is 2. The van der Waals surface area contributed by atoms with Crippen molar-refractivity contribution in [1.82, 2.24) is 9.80 Å². The Balaban J connectivity index is 1.37. The van der Waals surface area contributed by atoms with Crippen molar-refractivity contribution in [3.63, 3.8) is 0 Å². The van der Waals surface area contributed by atoms with E-state index in [0.717, 1.165) is 45.6 Å². The normalized spacial score (nSPS) is 23.7. The third-order valence-electron chi connectivity index (χ3n) is 8.40. The molecule has 0 unspecified atom stereocenters. The van der Waals surface area contributed by atoms with Crippen molar-refractivity contribution < 1.29 is 14.3 Å². The van der Waals surface area contributed by atoms with Gasteiger partial charge in [-0.3, -0.25) is 9.69 Å². The molecule has 2 heterocycles. The number of likely N-dealkylation sites (tertiary alicyclic amines) is 2. The van der Waals surface area contributed by atoms with E-state index in [2.05, 4.69) is 53.1 Å². The average molecular weight is 495 g/mol. The fourth-order valence-corrected chi connectivity index (χ4v) is 6.43. The number of aliphatic carboxylic acids is 1. The quantitative estimate of drug-likeness (QED) is 0.444. The Hall–Kier alpha value is -2.24. The average Bonchev–Trinajstić information content (AvgIpc) is 3.24. The summed E-state index contributed by atoms with van der Waals surface area (Å²) in [5, 5.41) is 9.92. The number of hydrogen-bond donors (Lipinski definition) is 1. The smallest absolute Gasteiger partial charge is 0.321 e. The number of halogens is 1. The summed E-state index contributed by atoms with van der Waals surface area (Å²) in [5.74, 6) is -0.0345. The number of piperidine rings is 1. The predicted octanol–water partition coefficient (Wildman–Crippen LogP) is 5.95. The van der Waals surface area contributed by atoms with Crippen LogP contribution in [0.4, 0.5) is 4.39 Å². The number of hydrogen-bond acceptors (Lipinski definition) is 3. The maximum atomic E-state index is 15.6. The van der Waals surface area contributed by atoms with E-state index in [1.165, 1.54) is 16.7 Å². The molecule has 2 aliphatic heterocycles. The summed E-state index contributed by atoms with van der Waals surface area (Å²) < 4.78 is 15.6. The van der Waals surface area contributed by atoms with Crippen LogP contribution >= 0.6 is 0 Å². The van der Waals surface area contributed by atoms with E-state index in [0.29, 0.717) is 31.1 Å². The van der Waals surface area contributed by atoms with E-state index in [-0.39, 0.29) is 5.92 Å². The first-order valence-corrected chi connectivity index (χ1v) is 13.7. The molecule has 4 nitrogen and oxygen atoms in total. The Morgan fingerprint density at radius 2 is 1.81 bits per heavy atom. The van der Waals surface area contributed by atoms with E-state index < -0.39 is 17.7 Å². The minimum atomic E-state index is -1.06. The monoisotopic (exact) mass is 494 g/mol. The van der Waals surface area contributed by atoms with Gasteiger partial charge in [0.15, 0.2) is 0 Å². The van der Waals surface area contributed by atoms with Gasteiger partial charge in [-0.15, -0.1) is 0 Å². The Morgan fingerprint density at radius 1 is 1.08 bits per heavy atom. The zero-order valence-electron chi connectivity index (χ0n) is 22.2. The van der Waals surface area contributed by atoms with E-state index >= 15 is 4.39 Å². The Labute approximate surface area is 216 Å². The Morgan fingerprint density at radius 3 is 2.44 bits per heavy atom. The van der Waals surface area contributed by atoms with E-state index in [9.17, 15) is 9.90 Å². The molecule has 1 N–H and O–H groups in total. The van der Waals surface area contributed by atoms with Crippen molar-refractivity contribution in [2.45, 2.75) is 70.5 Å². The Bertz CT molecular complexity index is 987. The third kappa shape index (κ3) is 6.74. The fraction of sp³-hybridized carbons (Fsp3) is 0.581. The first-order chi connectivity index (χ1) is 17.2. The molecule has 0 bridgehead atoms. The molecule has 4 rings (SSSR count). The molecule has 2 fully saturated rings. The van der Waals surface area contributed by atoms with Gasteiger partial charge >= 0.3 is 5.97 Å². The molecule has 2 aliphatic rings. The topological polar surface area (TPSA) is 43.8 Å². The SMILES string of the molecule is Cc1cccc([C@H]2CN([C@@H](C(=O)O)C(C)C)C[C@@H]2CN2CCC(F)(CCCc3ccccc3)CC2)c1. The lowest BCUT2D eigenvalue weighted by Crippen LogP contribution is -2.45. The van der Waals surface area contributed by atoms with E-state index in [1.54, 1.807) is 0 Å². The number of carboxylic acid groups (broad SMARTS) is 1. The van der Waals surface area contributed by atoms with Crippen LogP contribution in [0.3, 0.4) is 0 Å². The standard InChI is InChI=1S/C31H43FN2O2/c1-23(2)29(30(35)36)34-21-27(28(22-34)26-13-7-9-24(3)19-26)20-33-17-15-31(32,16-18-33)14-8-12-25-10-5-4-6-11-25/h4-7,9-11,13,19,23,27-29H,8,12,14-18,20-22H2,1-3H3,(H,35,36)/t27-,28+,29+/m0/s1. The van der Waals surface area contributed by atoms with Crippen molar-refractivity contribution in [1.29, 1.82) is 0 Å². The third-order valence-corrected chi connectivity index (χ3v) is 8.40.